The first kappa shape index (κ1) is 13.8. The van der Waals surface area contributed by atoms with Gasteiger partial charge in [0.1, 0.15) is 0 Å². The Morgan fingerprint density at radius 3 is 2.71 bits per heavy atom. The summed E-state index contributed by atoms with van der Waals surface area (Å²) in [5.74, 6) is -1.10. The van der Waals surface area contributed by atoms with Crippen LogP contribution in [0.1, 0.15) is 26.3 Å². The number of anilines is 1. The molecule has 2 aromatic rings. The van der Waals surface area contributed by atoms with Crippen molar-refractivity contribution in [1.82, 2.24) is 0 Å². The second-order valence-corrected chi connectivity index (χ2v) is 5.69. The summed E-state index contributed by atoms with van der Waals surface area (Å²) in [7, 11) is 0. The molecule has 1 aliphatic rings. The van der Waals surface area contributed by atoms with Crippen molar-refractivity contribution in [3.05, 3.63) is 63.6 Å². The number of hydrogen-bond acceptors (Lipinski definition) is 2. The highest BCUT2D eigenvalue weighted by Crippen LogP contribution is 2.31. The first-order chi connectivity index (χ1) is 10.1. The number of aromatic carboxylic acids is 1. The number of hydrogen-bond donors (Lipinski definition) is 1. The molecule has 0 spiro atoms. The summed E-state index contributed by atoms with van der Waals surface area (Å²) in [4.78, 5) is 25.3. The molecule has 0 aromatic heterocycles. The maximum absolute atomic E-state index is 12.6. The van der Waals surface area contributed by atoms with Crippen LogP contribution < -0.4 is 4.90 Å². The van der Waals surface area contributed by atoms with E-state index in [2.05, 4.69) is 15.9 Å². The molecule has 0 aliphatic carbocycles. The van der Waals surface area contributed by atoms with E-state index in [0.717, 1.165) is 12.0 Å². The van der Waals surface area contributed by atoms with Gasteiger partial charge in [-0.2, -0.15) is 0 Å². The van der Waals surface area contributed by atoms with Crippen molar-refractivity contribution in [3.63, 3.8) is 0 Å². The van der Waals surface area contributed by atoms with Crippen molar-refractivity contribution in [3.8, 4) is 0 Å². The summed E-state index contributed by atoms with van der Waals surface area (Å²) >= 11 is 3.40. The van der Waals surface area contributed by atoms with Gasteiger partial charge in [-0.3, -0.25) is 4.79 Å². The molecule has 2 aromatic carbocycles. The van der Waals surface area contributed by atoms with Gasteiger partial charge in [0.05, 0.1) is 11.3 Å². The van der Waals surface area contributed by atoms with E-state index >= 15 is 0 Å². The van der Waals surface area contributed by atoms with E-state index in [9.17, 15) is 9.59 Å². The molecule has 1 amide bonds. The summed E-state index contributed by atoms with van der Waals surface area (Å²) in [6.07, 6.45) is 0.756. The Balaban J connectivity index is 2.04. The van der Waals surface area contributed by atoms with E-state index < -0.39 is 5.97 Å². The highest BCUT2D eigenvalue weighted by molar-refractivity contribution is 9.10. The van der Waals surface area contributed by atoms with E-state index in [4.69, 9.17) is 5.11 Å². The SMILES string of the molecule is O=C(O)c1ccc(Br)c(N2CCc3ccccc3C2=O)c1. The normalized spacial score (nSPS) is 14.0. The average molecular weight is 346 g/mol. The average Bonchev–Trinajstić information content (AvgIpc) is 2.49. The number of benzene rings is 2. The summed E-state index contributed by atoms with van der Waals surface area (Å²) in [5.41, 5.74) is 2.47. The van der Waals surface area contributed by atoms with E-state index in [1.165, 1.54) is 12.1 Å². The summed E-state index contributed by atoms with van der Waals surface area (Å²) in [5, 5.41) is 9.10. The quantitative estimate of drug-likeness (QED) is 0.907. The lowest BCUT2D eigenvalue weighted by Crippen LogP contribution is -2.37. The van der Waals surface area contributed by atoms with Crippen LogP contribution in [0.25, 0.3) is 0 Å². The van der Waals surface area contributed by atoms with Crippen molar-refractivity contribution in [2.45, 2.75) is 6.42 Å². The Labute approximate surface area is 130 Å². The largest absolute Gasteiger partial charge is 0.478 e. The first-order valence-electron chi connectivity index (χ1n) is 6.50. The third-order valence-corrected chi connectivity index (χ3v) is 4.25. The fraction of sp³-hybridized carbons (Fsp3) is 0.125. The minimum atomic E-state index is -1.01. The van der Waals surface area contributed by atoms with E-state index in [1.807, 2.05) is 18.2 Å². The van der Waals surface area contributed by atoms with Crippen molar-refractivity contribution in [2.75, 3.05) is 11.4 Å². The van der Waals surface area contributed by atoms with Crippen molar-refractivity contribution in [1.29, 1.82) is 0 Å². The van der Waals surface area contributed by atoms with Crippen molar-refractivity contribution < 1.29 is 14.7 Å². The Morgan fingerprint density at radius 2 is 1.95 bits per heavy atom. The molecule has 4 nitrogen and oxygen atoms in total. The van der Waals surface area contributed by atoms with Gasteiger partial charge in [-0.1, -0.05) is 18.2 Å². The minimum absolute atomic E-state index is 0.0971. The molecule has 0 unspecified atom stereocenters. The van der Waals surface area contributed by atoms with Gasteiger partial charge in [-0.05, 0) is 52.2 Å². The topological polar surface area (TPSA) is 57.6 Å². The molecule has 0 atom stereocenters. The molecule has 0 saturated carbocycles. The predicted octanol–water partition coefficient (Wildman–Crippen LogP) is 3.35. The van der Waals surface area contributed by atoms with Gasteiger partial charge in [0.15, 0.2) is 0 Å². The standard InChI is InChI=1S/C16H12BrNO3/c17-13-6-5-11(16(20)21)9-14(13)18-8-7-10-3-1-2-4-12(10)15(18)19/h1-6,9H,7-8H2,(H,20,21). The van der Waals surface area contributed by atoms with Gasteiger partial charge in [0, 0.05) is 16.6 Å². The molecular weight excluding hydrogens is 334 g/mol. The number of halogens is 1. The zero-order chi connectivity index (χ0) is 15.0. The molecule has 0 bridgehead atoms. The molecule has 1 N–H and O–H groups in total. The first-order valence-corrected chi connectivity index (χ1v) is 7.30. The second-order valence-electron chi connectivity index (χ2n) is 4.84. The molecule has 1 heterocycles. The Hall–Kier alpha value is -2.14. The van der Waals surface area contributed by atoms with Gasteiger partial charge in [-0.25, -0.2) is 4.79 Å². The van der Waals surface area contributed by atoms with Crippen LogP contribution in [0.2, 0.25) is 0 Å². The lowest BCUT2D eigenvalue weighted by Gasteiger charge is -2.29. The van der Waals surface area contributed by atoms with Crippen LogP contribution in [0, 0.1) is 0 Å². The summed E-state index contributed by atoms with van der Waals surface area (Å²) < 4.78 is 0.709. The number of nitrogens with zero attached hydrogens (tertiary/aromatic N) is 1. The van der Waals surface area contributed by atoms with Gasteiger partial charge in [0.25, 0.3) is 5.91 Å². The lowest BCUT2D eigenvalue weighted by atomic mass is 9.98. The predicted molar refractivity (Wildman–Crippen MR) is 82.9 cm³/mol. The van der Waals surface area contributed by atoms with Crippen LogP contribution >= 0.6 is 15.9 Å². The summed E-state index contributed by atoms with van der Waals surface area (Å²) in [6.45, 7) is 0.539. The van der Waals surface area contributed by atoms with Gasteiger partial charge >= 0.3 is 5.97 Å². The molecule has 3 rings (SSSR count). The molecule has 0 saturated heterocycles. The van der Waals surface area contributed by atoms with Crippen LogP contribution in [0.4, 0.5) is 5.69 Å². The molecule has 0 radical (unpaired) electrons. The Bertz CT molecular complexity index is 742. The van der Waals surface area contributed by atoms with Gasteiger partial charge in [0.2, 0.25) is 0 Å². The monoisotopic (exact) mass is 345 g/mol. The molecule has 21 heavy (non-hydrogen) atoms. The summed E-state index contributed by atoms with van der Waals surface area (Å²) in [6, 6.07) is 12.2. The number of carboxylic acid groups (broad SMARTS) is 1. The third kappa shape index (κ3) is 2.45. The highest BCUT2D eigenvalue weighted by atomic mass is 79.9. The van der Waals surface area contributed by atoms with Crippen LogP contribution in [0.3, 0.4) is 0 Å². The lowest BCUT2D eigenvalue weighted by molar-refractivity contribution is 0.0696. The zero-order valence-electron chi connectivity index (χ0n) is 11.0. The number of fused-ring (bicyclic) bond motifs is 1. The minimum Gasteiger partial charge on any atom is -0.478 e. The highest BCUT2D eigenvalue weighted by Gasteiger charge is 2.26. The fourth-order valence-electron chi connectivity index (χ4n) is 2.51. The maximum atomic E-state index is 12.6. The number of rotatable bonds is 2. The smallest absolute Gasteiger partial charge is 0.335 e. The third-order valence-electron chi connectivity index (χ3n) is 3.58. The number of carboxylic acids is 1. The number of carbonyl (C=O) groups is 2. The van der Waals surface area contributed by atoms with Crippen LogP contribution in [0.5, 0.6) is 0 Å². The van der Waals surface area contributed by atoms with Crippen molar-refractivity contribution >= 4 is 33.5 Å². The molecule has 5 heteroatoms. The zero-order valence-corrected chi connectivity index (χ0v) is 12.6. The number of carbonyl (C=O) groups excluding carboxylic acids is 1. The van der Waals surface area contributed by atoms with Crippen LogP contribution in [-0.2, 0) is 6.42 Å². The van der Waals surface area contributed by atoms with E-state index in [0.29, 0.717) is 22.3 Å². The van der Waals surface area contributed by atoms with Crippen molar-refractivity contribution in [2.24, 2.45) is 0 Å². The van der Waals surface area contributed by atoms with Gasteiger partial charge in [-0.15, -0.1) is 0 Å². The van der Waals surface area contributed by atoms with Crippen LogP contribution in [-0.4, -0.2) is 23.5 Å². The molecule has 0 fully saturated rings. The van der Waals surface area contributed by atoms with Gasteiger partial charge < -0.3 is 10.0 Å². The Morgan fingerprint density at radius 1 is 1.19 bits per heavy atom. The molecule has 1 aliphatic heterocycles. The molecule has 106 valence electrons. The van der Waals surface area contributed by atoms with Crippen LogP contribution in [0.15, 0.2) is 46.9 Å². The fourth-order valence-corrected chi connectivity index (χ4v) is 2.97. The number of amides is 1. The second kappa shape index (κ2) is 5.33. The van der Waals surface area contributed by atoms with E-state index in [-0.39, 0.29) is 11.5 Å². The maximum Gasteiger partial charge on any atom is 0.335 e. The Kier molecular flexibility index (Phi) is 3.51. The van der Waals surface area contributed by atoms with E-state index in [1.54, 1.807) is 17.0 Å². The molecular formula is C16H12BrNO3.